The molecular weight excluding hydrogens is 290 g/mol. The summed E-state index contributed by atoms with van der Waals surface area (Å²) in [7, 11) is 1.54. The first-order valence-electron chi connectivity index (χ1n) is 7.95. The monoisotopic (exact) mass is 311 g/mol. The van der Waals surface area contributed by atoms with Crippen molar-refractivity contribution in [3.63, 3.8) is 0 Å². The summed E-state index contributed by atoms with van der Waals surface area (Å²) in [5, 5.41) is 9.81. The van der Waals surface area contributed by atoms with Crippen LogP contribution in [-0.2, 0) is 6.42 Å². The predicted octanol–water partition coefficient (Wildman–Crippen LogP) is 3.13. The van der Waals surface area contributed by atoms with E-state index >= 15 is 0 Å². The lowest BCUT2D eigenvalue weighted by Gasteiger charge is -2.56. The van der Waals surface area contributed by atoms with Gasteiger partial charge < -0.3 is 15.6 Å². The van der Waals surface area contributed by atoms with E-state index in [0.717, 1.165) is 23.4 Å². The third kappa shape index (κ3) is 1.92. The fourth-order valence-electron chi connectivity index (χ4n) is 4.15. The summed E-state index contributed by atoms with van der Waals surface area (Å²) in [5.41, 5.74) is 10.4. The Hall–Kier alpha value is -2.30. The molecule has 2 bridgehead atoms. The number of hydrogen-bond acceptors (Lipinski definition) is 5. The molecular formula is C18H21N3O2. The van der Waals surface area contributed by atoms with Crippen molar-refractivity contribution in [2.75, 3.05) is 12.8 Å². The van der Waals surface area contributed by atoms with E-state index in [4.69, 9.17) is 10.5 Å². The van der Waals surface area contributed by atoms with Crippen LogP contribution in [-0.4, -0.2) is 22.2 Å². The zero-order chi connectivity index (χ0) is 16.4. The minimum Gasteiger partial charge on any atom is -0.504 e. The van der Waals surface area contributed by atoms with Gasteiger partial charge in [-0.2, -0.15) is 0 Å². The molecule has 3 aliphatic rings. The minimum absolute atomic E-state index is 0.121. The van der Waals surface area contributed by atoms with E-state index in [2.05, 4.69) is 23.8 Å². The summed E-state index contributed by atoms with van der Waals surface area (Å²) in [4.78, 5) is 9.05. The molecule has 0 amide bonds. The summed E-state index contributed by atoms with van der Waals surface area (Å²) >= 11 is 0. The van der Waals surface area contributed by atoms with Crippen LogP contribution in [0.1, 0.15) is 37.4 Å². The average molecular weight is 311 g/mol. The van der Waals surface area contributed by atoms with Crippen LogP contribution < -0.4 is 10.5 Å². The Bertz CT molecular complexity index is 801. The Morgan fingerprint density at radius 2 is 2.09 bits per heavy atom. The standard InChI is InChI=1S/C18H21N3O2/c1-18(2)10-7-11-15(9-4-5-13(22)14(6-9)23-3)20-17(19)21-16(11)12(18)8-10/h4-6,10,12,22H,7-8H2,1-3H3,(H2,19,20,21). The molecule has 1 aromatic heterocycles. The summed E-state index contributed by atoms with van der Waals surface area (Å²) in [6.07, 6.45) is 2.17. The first-order valence-corrected chi connectivity index (χ1v) is 7.95. The molecule has 5 heteroatoms. The molecule has 5 rings (SSSR count). The molecule has 120 valence electrons. The molecule has 0 aliphatic heterocycles. The molecule has 1 fully saturated rings. The highest BCUT2D eigenvalue weighted by Crippen LogP contribution is 2.62. The molecule has 1 heterocycles. The lowest BCUT2D eigenvalue weighted by Crippen LogP contribution is -2.48. The Kier molecular flexibility index (Phi) is 2.86. The van der Waals surface area contributed by atoms with Gasteiger partial charge in [0.1, 0.15) is 0 Å². The van der Waals surface area contributed by atoms with Gasteiger partial charge in [-0.15, -0.1) is 0 Å². The summed E-state index contributed by atoms with van der Waals surface area (Å²) in [6.45, 7) is 4.63. The summed E-state index contributed by atoms with van der Waals surface area (Å²) < 4.78 is 5.22. The molecule has 0 saturated heterocycles. The van der Waals surface area contributed by atoms with E-state index in [1.165, 1.54) is 12.0 Å². The van der Waals surface area contributed by atoms with E-state index in [1.807, 2.05) is 12.1 Å². The highest BCUT2D eigenvalue weighted by molar-refractivity contribution is 5.69. The number of ether oxygens (including phenoxy) is 1. The quantitative estimate of drug-likeness (QED) is 0.890. The Morgan fingerprint density at radius 3 is 2.78 bits per heavy atom. The van der Waals surface area contributed by atoms with Crippen LogP contribution >= 0.6 is 0 Å². The van der Waals surface area contributed by atoms with E-state index in [-0.39, 0.29) is 11.2 Å². The molecule has 3 N–H and O–H groups in total. The van der Waals surface area contributed by atoms with Crippen LogP contribution in [0, 0.1) is 11.3 Å². The van der Waals surface area contributed by atoms with E-state index < -0.39 is 0 Å². The lowest BCUT2D eigenvalue weighted by molar-refractivity contribution is 0.0156. The lowest BCUT2D eigenvalue weighted by atomic mass is 9.48. The Balaban J connectivity index is 1.88. The van der Waals surface area contributed by atoms with Gasteiger partial charge in [-0.25, -0.2) is 9.97 Å². The number of phenols is 1. The van der Waals surface area contributed by atoms with Gasteiger partial charge >= 0.3 is 0 Å². The van der Waals surface area contributed by atoms with Crippen LogP contribution in [0.2, 0.25) is 0 Å². The fraction of sp³-hybridized carbons (Fsp3) is 0.444. The number of aromatic hydroxyl groups is 1. The van der Waals surface area contributed by atoms with Crippen molar-refractivity contribution in [1.29, 1.82) is 0 Å². The number of aromatic nitrogens is 2. The van der Waals surface area contributed by atoms with Crippen LogP contribution in [0.4, 0.5) is 5.95 Å². The van der Waals surface area contributed by atoms with Crippen molar-refractivity contribution >= 4 is 5.95 Å². The van der Waals surface area contributed by atoms with Crippen LogP contribution in [0.3, 0.4) is 0 Å². The zero-order valence-corrected chi connectivity index (χ0v) is 13.6. The molecule has 5 nitrogen and oxygen atoms in total. The fourth-order valence-corrected chi connectivity index (χ4v) is 4.15. The molecule has 1 saturated carbocycles. The first kappa shape index (κ1) is 14.3. The van der Waals surface area contributed by atoms with Gasteiger partial charge in [0.25, 0.3) is 0 Å². The number of methoxy groups -OCH3 is 1. The maximum Gasteiger partial charge on any atom is 0.220 e. The molecule has 2 aromatic rings. The van der Waals surface area contributed by atoms with Crippen molar-refractivity contribution in [2.45, 2.75) is 32.6 Å². The number of rotatable bonds is 2. The zero-order valence-electron chi connectivity index (χ0n) is 13.6. The molecule has 2 unspecified atom stereocenters. The molecule has 1 aromatic carbocycles. The minimum atomic E-state index is 0.121. The van der Waals surface area contributed by atoms with Gasteiger partial charge in [-0.05, 0) is 42.4 Å². The summed E-state index contributed by atoms with van der Waals surface area (Å²) in [5.74, 6) is 2.00. The number of nitrogens with zero attached hydrogens (tertiary/aromatic N) is 2. The maximum absolute atomic E-state index is 9.81. The van der Waals surface area contributed by atoms with Crippen molar-refractivity contribution < 1.29 is 9.84 Å². The maximum atomic E-state index is 9.81. The van der Waals surface area contributed by atoms with Crippen LogP contribution in [0.5, 0.6) is 11.5 Å². The van der Waals surface area contributed by atoms with E-state index in [0.29, 0.717) is 23.5 Å². The van der Waals surface area contributed by atoms with Gasteiger partial charge in [0.05, 0.1) is 18.5 Å². The third-order valence-electron chi connectivity index (χ3n) is 5.76. The second kappa shape index (κ2) is 4.60. The normalized spacial score (nSPS) is 23.8. The Labute approximate surface area is 135 Å². The van der Waals surface area contributed by atoms with E-state index in [9.17, 15) is 5.11 Å². The number of anilines is 1. The van der Waals surface area contributed by atoms with Gasteiger partial charge in [-0.1, -0.05) is 13.8 Å². The predicted molar refractivity (Wildman–Crippen MR) is 88.4 cm³/mol. The average Bonchev–Trinajstić information content (AvgIpc) is 2.53. The van der Waals surface area contributed by atoms with Crippen LogP contribution in [0.15, 0.2) is 18.2 Å². The van der Waals surface area contributed by atoms with E-state index in [1.54, 1.807) is 13.2 Å². The molecule has 3 aliphatic carbocycles. The number of phenolic OH excluding ortho intramolecular Hbond substituents is 1. The topological polar surface area (TPSA) is 81.3 Å². The Morgan fingerprint density at radius 1 is 1.30 bits per heavy atom. The molecule has 23 heavy (non-hydrogen) atoms. The molecule has 0 radical (unpaired) electrons. The molecule has 2 atom stereocenters. The number of benzene rings is 1. The van der Waals surface area contributed by atoms with Crippen LogP contribution in [0.25, 0.3) is 11.3 Å². The van der Waals surface area contributed by atoms with Crippen molar-refractivity contribution in [1.82, 2.24) is 9.97 Å². The highest BCUT2D eigenvalue weighted by Gasteiger charge is 2.54. The number of nitrogens with two attached hydrogens (primary N) is 1. The SMILES string of the molecule is COc1cc(-c2nc(N)nc3c2CC2CC3C2(C)C)ccc1O. The first-order chi connectivity index (χ1) is 10.9. The summed E-state index contributed by atoms with van der Waals surface area (Å²) in [6, 6.07) is 5.29. The second-order valence-electron chi connectivity index (χ2n) is 7.19. The second-order valence-corrected chi connectivity index (χ2v) is 7.19. The van der Waals surface area contributed by atoms with Crippen molar-refractivity contribution in [3.05, 3.63) is 29.5 Å². The van der Waals surface area contributed by atoms with Gasteiger partial charge in [0.2, 0.25) is 5.95 Å². The van der Waals surface area contributed by atoms with Crippen molar-refractivity contribution in [3.8, 4) is 22.8 Å². The number of hydrogen-bond donors (Lipinski definition) is 2. The van der Waals surface area contributed by atoms with Gasteiger partial charge in [-0.3, -0.25) is 0 Å². The number of nitrogen functional groups attached to an aromatic ring is 1. The molecule has 0 spiro atoms. The largest absolute Gasteiger partial charge is 0.504 e. The highest BCUT2D eigenvalue weighted by atomic mass is 16.5. The van der Waals surface area contributed by atoms with Gasteiger partial charge in [0.15, 0.2) is 11.5 Å². The third-order valence-corrected chi connectivity index (χ3v) is 5.76. The van der Waals surface area contributed by atoms with Gasteiger partial charge in [0, 0.05) is 17.0 Å². The smallest absolute Gasteiger partial charge is 0.220 e. The van der Waals surface area contributed by atoms with Crippen molar-refractivity contribution in [2.24, 2.45) is 11.3 Å².